The van der Waals surface area contributed by atoms with Crippen molar-refractivity contribution in [3.63, 3.8) is 0 Å². The number of ether oxygens (including phenoxy) is 1. The van der Waals surface area contributed by atoms with Crippen molar-refractivity contribution in [1.82, 2.24) is 29.2 Å². The molecule has 1 N–H and O–H groups in total. The second kappa shape index (κ2) is 10.0. The van der Waals surface area contributed by atoms with Gasteiger partial charge in [0.05, 0.1) is 6.54 Å². The van der Waals surface area contributed by atoms with Crippen molar-refractivity contribution in [1.29, 1.82) is 0 Å². The summed E-state index contributed by atoms with van der Waals surface area (Å²) < 4.78 is 10.4. The van der Waals surface area contributed by atoms with Crippen molar-refractivity contribution in [3.8, 4) is 11.7 Å². The van der Waals surface area contributed by atoms with Gasteiger partial charge in [0.2, 0.25) is 11.8 Å². The Morgan fingerprint density at radius 1 is 1.17 bits per heavy atom. The molecule has 4 aromatic rings. The molecular formula is C25H26BrN7O2. The Hall–Kier alpha value is -3.50. The van der Waals surface area contributed by atoms with Gasteiger partial charge in [-0.25, -0.2) is 14.3 Å². The molecule has 0 saturated carbocycles. The van der Waals surface area contributed by atoms with Crippen LogP contribution in [0.2, 0.25) is 0 Å². The lowest BCUT2D eigenvalue weighted by molar-refractivity contribution is 0.110. The van der Waals surface area contributed by atoms with Gasteiger partial charge in [0, 0.05) is 35.5 Å². The molecule has 5 rings (SSSR count). The van der Waals surface area contributed by atoms with E-state index >= 15 is 0 Å². The maximum atomic E-state index is 13.2. The van der Waals surface area contributed by atoms with Crippen molar-refractivity contribution in [3.05, 3.63) is 76.1 Å². The fourth-order valence-corrected chi connectivity index (χ4v) is 4.40. The van der Waals surface area contributed by atoms with E-state index in [0.717, 1.165) is 36.1 Å². The summed E-state index contributed by atoms with van der Waals surface area (Å²) in [5.74, 6) is 1.44. The Kier molecular flexibility index (Phi) is 6.65. The second-order valence-corrected chi connectivity index (χ2v) is 9.42. The van der Waals surface area contributed by atoms with Crippen LogP contribution in [-0.4, -0.2) is 55.5 Å². The van der Waals surface area contributed by atoms with Crippen LogP contribution in [0.4, 0.5) is 11.6 Å². The molecule has 1 aliphatic heterocycles. The maximum Gasteiger partial charge on any atom is 0.278 e. The van der Waals surface area contributed by atoms with Crippen LogP contribution in [0.3, 0.4) is 0 Å². The number of hydrogen-bond acceptors (Lipinski definition) is 7. The number of likely N-dealkylation sites (tertiary alicyclic amines) is 1. The summed E-state index contributed by atoms with van der Waals surface area (Å²) in [5, 5.41) is 3.59. The van der Waals surface area contributed by atoms with Crippen LogP contribution < -0.4 is 15.6 Å². The van der Waals surface area contributed by atoms with Gasteiger partial charge in [-0.1, -0.05) is 28.1 Å². The summed E-state index contributed by atoms with van der Waals surface area (Å²) >= 11 is 3.44. The highest BCUT2D eigenvalue weighted by Crippen LogP contribution is 2.22. The third kappa shape index (κ3) is 4.98. The van der Waals surface area contributed by atoms with E-state index < -0.39 is 0 Å². The van der Waals surface area contributed by atoms with Gasteiger partial charge < -0.3 is 15.0 Å². The highest BCUT2D eigenvalue weighted by Gasteiger charge is 2.21. The summed E-state index contributed by atoms with van der Waals surface area (Å²) in [4.78, 5) is 29.2. The third-order valence-corrected chi connectivity index (χ3v) is 6.49. The van der Waals surface area contributed by atoms with Crippen LogP contribution in [-0.2, 0) is 6.54 Å². The quantitative estimate of drug-likeness (QED) is 0.355. The van der Waals surface area contributed by atoms with Crippen molar-refractivity contribution in [2.45, 2.75) is 25.5 Å². The van der Waals surface area contributed by atoms with Gasteiger partial charge in [0.25, 0.3) is 5.56 Å². The monoisotopic (exact) mass is 535 g/mol. The average Bonchev–Trinajstić information content (AvgIpc) is 3.13. The summed E-state index contributed by atoms with van der Waals surface area (Å²) in [6.07, 6.45) is 5.24. The number of piperidine rings is 1. The lowest BCUT2D eigenvalue weighted by Crippen LogP contribution is -2.35. The number of halogens is 1. The Balaban J connectivity index is 1.53. The van der Waals surface area contributed by atoms with Gasteiger partial charge in [0.1, 0.15) is 11.5 Å². The third-order valence-electron chi connectivity index (χ3n) is 5.96. The maximum absolute atomic E-state index is 13.2. The van der Waals surface area contributed by atoms with Crippen molar-refractivity contribution >= 4 is 38.6 Å². The number of hydrogen-bond donors (Lipinski definition) is 1. The number of rotatable bonds is 7. The van der Waals surface area contributed by atoms with E-state index in [1.54, 1.807) is 21.6 Å². The average molecular weight is 536 g/mol. The predicted molar refractivity (Wildman–Crippen MR) is 140 cm³/mol. The number of nitrogens with one attached hydrogen (secondary N) is 1. The van der Waals surface area contributed by atoms with Gasteiger partial charge in [-0.05, 0) is 50.2 Å². The highest BCUT2D eigenvalue weighted by atomic mass is 79.9. The van der Waals surface area contributed by atoms with Crippen molar-refractivity contribution in [2.75, 3.05) is 25.5 Å². The van der Waals surface area contributed by atoms with Crippen LogP contribution in [0.25, 0.3) is 16.9 Å². The van der Waals surface area contributed by atoms with Gasteiger partial charge >= 0.3 is 0 Å². The molecule has 0 atom stereocenters. The first-order valence-corrected chi connectivity index (χ1v) is 12.3. The fourth-order valence-electron chi connectivity index (χ4n) is 4.13. The second-order valence-electron chi connectivity index (χ2n) is 8.51. The molecule has 4 heterocycles. The predicted octanol–water partition coefficient (Wildman–Crippen LogP) is 4.14. The van der Waals surface area contributed by atoms with Crippen LogP contribution in [0.1, 0.15) is 12.8 Å². The fraction of sp³-hybridized carbons (Fsp3) is 0.280. The molecular weight excluding hydrogens is 510 g/mol. The number of fused-ring (bicyclic) bond motifs is 1. The van der Waals surface area contributed by atoms with Gasteiger partial charge in [0.15, 0.2) is 11.5 Å². The zero-order valence-corrected chi connectivity index (χ0v) is 21.0. The molecule has 1 aromatic carbocycles. The van der Waals surface area contributed by atoms with E-state index in [-0.39, 0.29) is 11.7 Å². The van der Waals surface area contributed by atoms with Crippen LogP contribution in [0, 0.1) is 0 Å². The smallest absolute Gasteiger partial charge is 0.278 e. The van der Waals surface area contributed by atoms with E-state index in [1.165, 1.54) is 0 Å². The molecule has 1 aliphatic rings. The molecule has 180 valence electrons. The van der Waals surface area contributed by atoms with Crippen molar-refractivity contribution < 1.29 is 4.74 Å². The largest absolute Gasteiger partial charge is 0.474 e. The Morgan fingerprint density at radius 2 is 1.94 bits per heavy atom. The van der Waals surface area contributed by atoms with E-state index in [9.17, 15) is 4.79 Å². The lowest BCUT2D eigenvalue weighted by Gasteiger charge is -2.29. The zero-order chi connectivity index (χ0) is 24.4. The molecule has 3 aromatic heterocycles. The van der Waals surface area contributed by atoms with Crippen LogP contribution in [0.5, 0.6) is 5.88 Å². The molecule has 35 heavy (non-hydrogen) atoms. The molecule has 0 amide bonds. The zero-order valence-electron chi connectivity index (χ0n) is 19.4. The van der Waals surface area contributed by atoms with E-state index in [2.05, 4.69) is 49.7 Å². The topological polar surface area (TPSA) is 90.1 Å². The molecule has 0 unspecified atom stereocenters. The Morgan fingerprint density at radius 3 is 2.69 bits per heavy atom. The van der Waals surface area contributed by atoms with Crippen LogP contribution >= 0.6 is 15.9 Å². The summed E-state index contributed by atoms with van der Waals surface area (Å²) in [7, 11) is 2.12. The first-order valence-electron chi connectivity index (χ1n) is 11.5. The van der Waals surface area contributed by atoms with E-state index in [4.69, 9.17) is 9.72 Å². The summed E-state index contributed by atoms with van der Waals surface area (Å²) in [5.41, 5.74) is 1.08. The van der Waals surface area contributed by atoms with Crippen LogP contribution in [0.15, 0.2) is 70.6 Å². The molecule has 1 saturated heterocycles. The van der Waals surface area contributed by atoms with Gasteiger partial charge in [-0.15, -0.1) is 6.58 Å². The number of pyridine rings is 1. The number of aromatic nitrogens is 5. The summed E-state index contributed by atoms with van der Waals surface area (Å²) in [6, 6.07) is 13.2. The lowest BCUT2D eigenvalue weighted by atomic mass is 10.1. The minimum atomic E-state index is -0.210. The molecule has 10 heteroatoms. The minimum absolute atomic E-state index is 0.120. The molecule has 0 spiro atoms. The summed E-state index contributed by atoms with van der Waals surface area (Å²) in [6.45, 7) is 6.10. The van der Waals surface area contributed by atoms with Gasteiger partial charge in [-0.3, -0.25) is 4.79 Å². The van der Waals surface area contributed by atoms with E-state index in [1.807, 2.05) is 42.5 Å². The van der Waals surface area contributed by atoms with E-state index in [0.29, 0.717) is 35.2 Å². The normalized spacial score (nSPS) is 14.8. The Bertz CT molecular complexity index is 1410. The SMILES string of the molecule is C=CCn1c(=O)c2cnc(Nc3ccc(Br)cc3)nc2n1-c1cccc(OC2CCN(C)CC2)n1. The Labute approximate surface area is 211 Å². The number of allylic oxidation sites excluding steroid dienone is 1. The minimum Gasteiger partial charge on any atom is -0.474 e. The highest BCUT2D eigenvalue weighted by molar-refractivity contribution is 9.10. The first kappa shape index (κ1) is 23.3. The first-order chi connectivity index (χ1) is 17.0. The number of nitrogens with zero attached hydrogens (tertiary/aromatic N) is 6. The number of anilines is 2. The molecule has 0 bridgehead atoms. The molecule has 0 aliphatic carbocycles. The van der Waals surface area contributed by atoms with Crippen molar-refractivity contribution in [2.24, 2.45) is 0 Å². The number of benzene rings is 1. The molecule has 1 fully saturated rings. The standard InChI is InChI=1S/C25H26BrN7O2/c1-3-13-32-24(34)20-16-27-25(28-18-9-7-17(26)8-10-18)30-23(20)33(32)21-5-4-6-22(29-21)35-19-11-14-31(2)15-12-19/h3-10,16,19H,1,11-15H2,2H3,(H,27,28,30). The van der Waals surface area contributed by atoms with Gasteiger partial charge in [-0.2, -0.15) is 9.97 Å². The molecule has 9 nitrogen and oxygen atoms in total. The molecule has 0 radical (unpaired) electrons.